The lowest BCUT2D eigenvalue weighted by molar-refractivity contribution is 0.331. The van der Waals surface area contributed by atoms with Gasteiger partial charge in [0.2, 0.25) is 0 Å². The van der Waals surface area contributed by atoms with Gasteiger partial charge in [0, 0.05) is 11.8 Å². The summed E-state index contributed by atoms with van der Waals surface area (Å²) >= 11 is 1.97. The first kappa shape index (κ1) is 11.9. The number of hydrogen-bond donors (Lipinski definition) is 1. The quantitative estimate of drug-likeness (QED) is 0.773. The number of amidine groups is 1. The van der Waals surface area contributed by atoms with E-state index >= 15 is 0 Å². The molecule has 0 aromatic carbocycles. The highest BCUT2D eigenvalue weighted by molar-refractivity contribution is 8.13. The molecule has 0 amide bonds. The fourth-order valence-corrected chi connectivity index (χ4v) is 4.63. The third-order valence-electron chi connectivity index (χ3n) is 4.68. The maximum Gasteiger partial charge on any atom is 0.157 e. The van der Waals surface area contributed by atoms with Crippen LogP contribution in [0, 0.1) is 11.8 Å². The first-order valence-electron chi connectivity index (χ1n) is 7.28. The van der Waals surface area contributed by atoms with E-state index in [9.17, 15) is 0 Å². The van der Waals surface area contributed by atoms with Crippen LogP contribution in [0.3, 0.4) is 0 Å². The Hall–Kier alpha value is -0.180. The lowest BCUT2D eigenvalue weighted by Crippen LogP contribution is -2.39. The van der Waals surface area contributed by atoms with Crippen LogP contribution in [0.25, 0.3) is 0 Å². The summed E-state index contributed by atoms with van der Waals surface area (Å²) in [7, 11) is 0. The SMILES string of the molecule is CC1CCC(NC2=NC3CCCC3CS2)CC1. The van der Waals surface area contributed by atoms with Crippen molar-refractivity contribution in [1.29, 1.82) is 0 Å². The molecule has 2 fully saturated rings. The number of rotatable bonds is 1. The van der Waals surface area contributed by atoms with Gasteiger partial charge in [0.15, 0.2) is 5.17 Å². The van der Waals surface area contributed by atoms with Crippen LogP contribution >= 0.6 is 11.8 Å². The summed E-state index contributed by atoms with van der Waals surface area (Å²) in [4.78, 5) is 4.93. The molecule has 2 saturated carbocycles. The molecule has 2 atom stereocenters. The summed E-state index contributed by atoms with van der Waals surface area (Å²) < 4.78 is 0. The van der Waals surface area contributed by atoms with Gasteiger partial charge in [0.25, 0.3) is 0 Å². The minimum atomic E-state index is 0.654. The van der Waals surface area contributed by atoms with Crippen molar-refractivity contribution in [3.8, 4) is 0 Å². The third-order valence-corrected chi connectivity index (χ3v) is 5.77. The van der Waals surface area contributed by atoms with E-state index in [2.05, 4.69) is 12.2 Å². The molecule has 1 heterocycles. The molecule has 2 nitrogen and oxygen atoms in total. The van der Waals surface area contributed by atoms with Gasteiger partial charge >= 0.3 is 0 Å². The average molecular weight is 252 g/mol. The van der Waals surface area contributed by atoms with Crippen LogP contribution in [0.15, 0.2) is 4.99 Å². The van der Waals surface area contributed by atoms with Crippen molar-refractivity contribution >= 4 is 16.9 Å². The molecule has 17 heavy (non-hydrogen) atoms. The van der Waals surface area contributed by atoms with Crippen molar-refractivity contribution < 1.29 is 0 Å². The van der Waals surface area contributed by atoms with E-state index in [1.54, 1.807) is 0 Å². The molecule has 2 aliphatic carbocycles. The lowest BCUT2D eigenvalue weighted by Gasteiger charge is -2.30. The standard InChI is InChI=1S/C14H24N2S/c1-10-5-7-12(8-6-10)15-14-16-13-4-2-3-11(13)9-17-14/h10-13H,2-9H2,1H3,(H,15,16). The van der Waals surface area contributed by atoms with E-state index in [4.69, 9.17) is 4.99 Å². The van der Waals surface area contributed by atoms with Gasteiger partial charge in [-0.3, -0.25) is 4.99 Å². The van der Waals surface area contributed by atoms with Gasteiger partial charge in [-0.05, 0) is 50.4 Å². The molecule has 96 valence electrons. The molecule has 0 radical (unpaired) electrons. The van der Waals surface area contributed by atoms with Crippen LogP contribution in [0.4, 0.5) is 0 Å². The Morgan fingerprint density at radius 2 is 1.94 bits per heavy atom. The summed E-state index contributed by atoms with van der Waals surface area (Å²) in [5, 5.41) is 4.96. The largest absolute Gasteiger partial charge is 0.362 e. The Bertz CT molecular complexity index is 295. The molecule has 0 bridgehead atoms. The number of fused-ring (bicyclic) bond motifs is 1. The van der Waals surface area contributed by atoms with Crippen molar-refractivity contribution in [2.24, 2.45) is 16.8 Å². The monoisotopic (exact) mass is 252 g/mol. The molecular formula is C14H24N2S. The molecule has 1 aliphatic heterocycles. The van der Waals surface area contributed by atoms with Gasteiger partial charge in [0.1, 0.15) is 0 Å². The number of thioether (sulfide) groups is 1. The van der Waals surface area contributed by atoms with Gasteiger partial charge in [-0.15, -0.1) is 0 Å². The van der Waals surface area contributed by atoms with E-state index < -0.39 is 0 Å². The van der Waals surface area contributed by atoms with Crippen LogP contribution in [-0.4, -0.2) is 23.0 Å². The molecule has 1 N–H and O–H groups in total. The highest BCUT2D eigenvalue weighted by Crippen LogP contribution is 2.35. The van der Waals surface area contributed by atoms with E-state index in [-0.39, 0.29) is 0 Å². The Labute approximate surface area is 109 Å². The summed E-state index contributed by atoms with van der Waals surface area (Å²) in [6.07, 6.45) is 9.61. The highest BCUT2D eigenvalue weighted by atomic mass is 32.2. The maximum absolute atomic E-state index is 4.93. The average Bonchev–Trinajstić information content (AvgIpc) is 2.79. The molecular weight excluding hydrogens is 228 g/mol. The Kier molecular flexibility index (Phi) is 3.64. The summed E-state index contributed by atoms with van der Waals surface area (Å²) in [5.41, 5.74) is 0. The van der Waals surface area contributed by atoms with E-state index in [0.717, 1.165) is 11.8 Å². The second-order valence-electron chi connectivity index (χ2n) is 6.10. The topological polar surface area (TPSA) is 24.4 Å². The number of nitrogens with one attached hydrogen (secondary N) is 1. The molecule has 0 saturated heterocycles. The molecule has 3 rings (SSSR count). The summed E-state index contributed by atoms with van der Waals surface area (Å²) in [6, 6.07) is 1.36. The van der Waals surface area contributed by atoms with E-state index in [1.807, 2.05) is 11.8 Å². The van der Waals surface area contributed by atoms with E-state index in [0.29, 0.717) is 12.1 Å². The van der Waals surface area contributed by atoms with Gasteiger partial charge < -0.3 is 5.32 Å². The van der Waals surface area contributed by atoms with Gasteiger partial charge in [-0.2, -0.15) is 0 Å². The number of hydrogen-bond acceptors (Lipinski definition) is 3. The second kappa shape index (κ2) is 5.21. The van der Waals surface area contributed by atoms with Crippen LogP contribution < -0.4 is 5.32 Å². The molecule has 3 aliphatic rings. The lowest BCUT2D eigenvalue weighted by atomic mass is 9.87. The fraction of sp³-hybridized carbons (Fsp3) is 0.929. The zero-order valence-electron chi connectivity index (χ0n) is 10.8. The van der Waals surface area contributed by atoms with Crippen molar-refractivity contribution in [3.63, 3.8) is 0 Å². The van der Waals surface area contributed by atoms with Crippen molar-refractivity contribution in [2.75, 3.05) is 5.75 Å². The third kappa shape index (κ3) is 2.81. The Balaban J connectivity index is 1.55. The van der Waals surface area contributed by atoms with Crippen LogP contribution in [0.1, 0.15) is 51.9 Å². The van der Waals surface area contributed by atoms with Crippen LogP contribution in [-0.2, 0) is 0 Å². The molecule has 0 aromatic rings. The predicted octanol–water partition coefficient (Wildman–Crippen LogP) is 3.43. The second-order valence-corrected chi connectivity index (χ2v) is 7.11. The first-order valence-corrected chi connectivity index (χ1v) is 8.27. The van der Waals surface area contributed by atoms with Gasteiger partial charge in [0.05, 0.1) is 6.04 Å². The zero-order valence-corrected chi connectivity index (χ0v) is 11.6. The van der Waals surface area contributed by atoms with Crippen molar-refractivity contribution in [2.45, 2.75) is 64.0 Å². The van der Waals surface area contributed by atoms with Gasteiger partial charge in [-0.1, -0.05) is 25.1 Å². The molecule has 0 spiro atoms. The highest BCUT2D eigenvalue weighted by Gasteiger charge is 2.31. The fourth-order valence-electron chi connectivity index (χ4n) is 3.41. The first-order chi connectivity index (χ1) is 8.31. The normalized spacial score (nSPS) is 41.8. The van der Waals surface area contributed by atoms with E-state index in [1.165, 1.54) is 55.9 Å². The molecule has 2 unspecified atom stereocenters. The number of nitrogens with zero attached hydrogens (tertiary/aromatic N) is 1. The zero-order chi connectivity index (χ0) is 11.7. The smallest absolute Gasteiger partial charge is 0.157 e. The number of aliphatic imine (C=N–C) groups is 1. The molecule has 3 heteroatoms. The molecule has 0 aromatic heterocycles. The summed E-state index contributed by atoms with van der Waals surface area (Å²) in [6.45, 7) is 2.38. The minimum Gasteiger partial charge on any atom is -0.362 e. The summed E-state index contributed by atoms with van der Waals surface area (Å²) in [5.74, 6) is 3.13. The van der Waals surface area contributed by atoms with Gasteiger partial charge in [-0.25, -0.2) is 0 Å². The Morgan fingerprint density at radius 1 is 1.12 bits per heavy atom. The Morgan fingerprint density at radius 3 is 2.76 bits per heavy atom. The van der Waals surface area contributed by atoms with Crippen LogP contribution in [0.5, 0.6) is 0 Å². The van der Waals surface area contributed by atoms with Crippen molar-refractivity contribution in [1.82, 2.24) is 5.32 Å². The minimum absolute atomic E-state index is 0.654. The maximum atomic E-state index is 4.93. The van der Waals surface area contributed by atoms with Crippen molar-refractivity contribution in [3.05, 3.63) is 0 Å². The van der Waals surface area contributed by atoms with Crippen LogP contribution in [0.2, 0.25) is 0 Å². The predicted molar refractivity (Wildman–Crippen MR) is 75.6 cm³/mol.